The van der Waals surface area contributed by atoms with Gasteiger partial charge in [0.15, 0.2) is 0 Å². The van der Waals surface area contributed by atoms with Crippen molar-refractivity contribution in [3.63, 3.8) is 0 Å². The van der Waals surface area contributed by atoms with Crippen LogP contribution in [0, 0.1) is 0 Å². The second-order valence-corrected chi connectivity index (χ2v) is 3.46. The fourth-order valence-electron chi connectivity index (χ4n) is 1.13. The minimum Gasteiger partial charge on any atom is -0.327 e. The molecule has 0 spiro atoms. The normalized spacial score (nSPS) is 15.0. The highest BCUT2D eigenvalue weighted by Gasteiger charge is 2.26. The highest BCUT2D eigenvalue weighted by molar-refractivity contribution is 4.61. The predicted octanol–water partition coefficient (Wildman–Crippen LogP) is 1.61. The smallest absolute Gasteiger partial charge is 0.327 e. The molecule has 13 heavy (non-hydrogen) atoms. The molecule has 1 unspecified atom stereocenters. The first kappa shape index (κ1) is 12.7. The van der Waals surface area contributed by atoms with Gasteiger partial charge in [0.05, 0.1) is 0 Å². The summed E-state index contributed by atoms with van der Waals surface area (Å²) in [5.41, 5.74) is 5.49. The van der Waals surface area contributed by atoms with Gasteiger partial charge < -0.3 is 10.6 Å². The molecule has 0 aromatic heterocycles. The number of nitrogens with zero attached hydrogens (tertiary/aromatic N) is 1. The Morgan fingerprint density at radius 3 is 2.31 bits per heavy atom. The lowest BCUT2D eigenvalue weighted by molar-refractivity contribution is -0.136. The third kappa shape index (κ3) is 9.63. The summed E-state index contributed by atoms with van der Waals surface area (Å²) in [7, 11) is 1.78. The summed E-state index contributed by atoms with van der Waals surface area (Å²) in [6, 6.07) is 0.0101. The number of hydrogen-bond donors (Lipinski definition) is 1. The molecule has 0 heterocycles. The molecule has 0 aromatic rings. The highest BCUT2D eigenvalue weighted by atomic mass is 19.4. The van der Waals surface area contributed by atoms with E-state index in [2.05, 4.69) is 0 Å². The molecule has 0 aliphatic rings. The number of hydrogen-bond acceptors (Lipinski definition) is 2. The average molecular weight is 198 g/mol. The summed E-state index contributed by atoms with van der Waals surface area (Å²) < 4.78 is 35.2. The summed E-state index contributed by atoms with van der Waals surface area (Å²) in [6.07, 6.45) is -4.60. The maximum atomic E-state index is 11.7. The van der Waals surface area contributed by atoms with E-state index in [1.54, 1.807) is 7.05 Å². The van der Waals surface area contributed by atoms with Gasteiger partial charge in [-0.3, -0.25) is 0 Å². The van der Waals surface area contributed by atoms with E-state index in [1.165, 1.54) is 0 Å². The van der Waals surface area contributed by atoms with Crippen LogP contribution < -0.4 is 5.73 Å². The lowest BCUT2D eigenvalue weighted by Gasteiger charge is -2.18. The minimum absolute atomic E-state index is 0.0101. The third-order valence-electron chi connectivity index (χ3n) is 1.60. The van der Waals surface area contributed by atoms with Crippen LogP contribution in [0.15, 0.2) is 0 Å². The molecule has 5 heteroatoms. The molecule has 0 aliphatic carbocycles. The molecule has 0 fully saturated rings. The van der Waals surface area contributed by atoms with Gasteiger partial charge in [0.1, 0.15) is 0 Å². The average Bonchev–Trinajstić information content (AvgIpc) is 1.81. The van der Waals surface area contributed by atoms with Crippen LogP contribution >= 0.6 is 0 Å². The largest absolute Gasteiger partial charge is 0.389 e. The highest BCUT2D eigenvalue weighted by Crippen LogP contribution is 2.21. The van der Waals surface area contributed by atoms with Gasteiger partial charge in [-0.15, -0.1) is 0 Å². The number of rotatable bonds is 5. The van der Waals surface area contributed by atoms with Gasteiger partial charge in [-0.1, -0.05) is 0 Å². The molecule has 0 rings (SSSR count). The first-order chi connectivity index (χ1) is 5.81. The Hall–Kier alpha value is -0.290. The van der Waals surface area contributed by atoms with E-state index in [1.807, 2.05) is 11.8 Å². The van der Waals surface area contributed by atoms with Crippen LogP contribution in [0.4, 0.5) is 13.2 Å². The van der Waals surface area contributed by atoms with Crippen molar-refractivity contribution in [2.24, 2.45) is 5.73 Å². The zero-order valence-corrected chi connectivity index (χ0v) is 8.06. The van der Waals surface area contributed by atoms with Crippen molar-refractivity contribution in [3.05, 3.63) is 0 Å². The fourth-order valence-corrected chi connectivity index (χ4v) is 1.13. The first-order valence-electron chi connectivity index (χ1n) is 4.32. The van der Waals surface area contributed by atoms with E-state index >= 15 is 0 Å². The van der Waals surface area contributed by atoms with Crippen LogP contribution in [0.3, 0.4) is 0 Å². The van der Waals surface area contributed by atoms with E-state index in [9.17, 15) is 13.2 Å². The Kier molecular flexibility index (Phi) is 5.32. The van der Waals surface area contributed by atoms with E-state index in [4.69, 9.17) is 5.73 Å². The van der Waals surface area contributed by atoms with E-state index in [0.29, 0.717) is 13.1 Å². The van der Waals surface area contributed by atoms with Gasteiger partial charge in [0, 0.05) is 19.0 Å². The van der Waals surface area contributed by atoms with Crippen molar-refractivity contribution in [2.75, 3.05) is 20.1 Å². The monoisotopic (exact) mass is 198 g/mol. The number of likely N-dealkylation sites (N-methyl/N-ethyl adjacent to an activating group) is 1. The Bertz CT molecular complexity index is 134. The Balaban J connectivity index is 3.42. The topological polar surface area (TPSA) is 29.3 Å². The molecule has 2 N–H and O–H groups in total. The second kappa shape index (κ2) is 5.44. The maximum absolute atomic E-state index is 11.7. The van der Waals surface area contributed by atoms with Crippen molar-refractivity contribution in [2.45, 2.75) is 32.0 Å². The Labute approximate surface area is 76.9 Å². The first-order valence-corrected chi connectivity index (χ1v) is 4.32. The zero-order valence-electron chi connectivity index (χ0n) is 8.06. The predicted molar refractivity (Wildman–Crippen MR) is 46.4 cm³/mol. The third-order valence-corrected chi connectivity index (χ3v) is 1.60. The number of nitrogens with two attached hydrogens (primary N) is 1. The maximum Gasteiger partial charge on any atom is 0.389 e. The molecule has 0 aliphatic heterocycles. The summed E-state index contributed by atoms with van der Waals surface area (Å²) in [5.74, 6) is 0. The SMILES string of the molecule is CC(N)CN(C)CCCC(F)(F)F. The Morgan fingerprint density at radius 2 is 1.92 bits per heavy atom. The summed E-state index contributed by atoms with van der Waals surface area (Å²) >= 11 is 0. The van der Waals surface area contributed by atoms with Crippen LogP contribution in [0.1, 0.15) is 19.8 Å². The van der Waals surface area contributed by atoms with Crippen LogP contribution in [0.2, 0.25) is 0 Å². The van der Waals surface area contributed by atoms with Gasteiger partial charge in [0.2, 0.25) is 0 Å². The van der Waals surface area contributed by atoms with Gasteiger partial charge >= 0.3 is 6.18 Å². The molecule has 0 amide bonds. The van der Waals surface area contributed by atoms with Crippen LogP contribution in [0.25, 0.3) is 0 Å². The molecule has 0 bridgehead atoms. The second-order valence-electron chi connectivity index (χ2n) is 3.46. The lowest BCUT2D eigenvalue weighted by atomic mass is 10.2. The van der Waals surface area contributed by atoms with Crippen molar-refractivity contribution in [1.29, 1.82) is 0 Å². The van der Waals surface area contributed by atoms with Crippen LogP contribution in [0.5, 0.6) is 0 Å². The van der Waals surface area contributed by atoms with Crippen molar-refractivity contribution in [1.82, 2.24) is 4.90 Å². The minimum atomic E-state index is -4.03. The van der Waals surface area contributed by atoms with Crippen molar-refractivity contribution < 1.29 is 13.2 Å². The summed E-state index contributed by atoms with van der Waals surface area (Å²) in [4.78, 5) is 1.82. The number of halogens is 3. The van der Waals surface area contributed by atoms with Gasteiger partial charge in [-0.2, -0.15) is 13.2 Å². The molecular weight excluding hydrogens is 181 g/mol. The molecule has 0 radical (unpaired) electrons. The van der Waals surface area contributed by atoms with Gasteiger partial charge in [-0.25, -0.2) is 0 Å². The molecule has 0 saturated carbocycles. The van der Waals surface area contributed by atoms with Gasteiger partial charge in [-0.05, 0) is 26.9 Å². The van der Waals surface area contributed by atoms with E-state index < -0.39 is 12.6 Å². The van der Waals surface area contributed by atoms with Gasteiger partial charge in [0.25, 0.3) is 0 Å². The fraction of sp³-hybridized carbons (Fsp3) is 1.00. The summed E-state index contributed by atoms with van der Waals surface area (Å²) in [6.45, 7) is 2.92. The molecule has 1 atom stereocenters. The molecule has 0 saturated heterocycles. The van der Waals surface area contributed by atoms with Crippen molar-refractivity contribution >= 4 is 0 Å². The standard InChI is InChI=1S/C8H17F3N2/c1-7(12)6-13(2)5-3-4-8(9,10)11/h7H,3-6,12H2,1-2H3. The zero-order chi connectivity index (χ0) is 10.5. The lowest BCUT2D eigenvalue weighted by Crippen LogP contribution is -2.33. The molecular formula is C8H17F3N2. The van der Waals surface area contributed by atoms with Crippen molar-refractivity contribution in [3.8, 4) is 0 Å². The van der Waals surface area contributed by atoms with Crippen LogP contribution in [-0.4, -0.2) is 37.3 Å². The van der Waals surface area contributed by atoms with E-state index in [-0.39, 0.29) is 12.5 Å². The molecule has 80 valence electrons. The number of alkyl halides is 3. The quantitative estimate of drug-likeness (QED) is 0.727. The molecule has 0 aromatic carbocycles. The van der Waals surface area contributed by atoms with Crippen LogP contribution in [-0.2, 0) is 0 Å². The molecule has 2 nitrogen and oxygen atoms in total. The van der Waals surface area contributed by atoms with E-state index in [0.717, 1.165) is 0 Å². The Morgan fingerprint density at radius 1 is 1.38 bits per heavy atom. The summed E-state index contributed by atoms with van der Waals surface area (Å²) in [5, 5.41) is 0.